The second kappa shape index (κ2) is 11.6. The van der Waals surface area contributed by atoms with Crippen LogP contribution in [0.5, 0.6) is 11.5 Å². The molecule has 0 aromatic heterocycles. The van der Waals surface area contributed by atoms with Gasteiger partial charge in [-0.2, -0.15) is 0 Å². The normalized spacial score (nSPS) is 11.8. The third kappa shape index (κ3) is 7.01. The maximum atomic E-state index is 13.2. The van der Waals surface area contributed by atoms with Crippen LogP contribution in [0.3, 0.4) is 0 Å². The Kier molecular flexibility index (Phi) is 9.12. The number of rotatable bonds is 10. The lowest BCUT2D eigenvalue weighted by Gasteiger charge is -2.29. The number of methoxy groups -OCH3 is 1. The highest BCUT2D eigenvalue weighted by Gasteiger charge is 2.27. The van der Waals surface area contributed by atoms with Gasteiger partial charge in [-0.3, -0.25) is 9.59 Å². The van der Waals surface area contributed by atoms with Crippen LogP contribution in [0.2, 0.25) is 0 Å². The fourth-order valence-electron chi connectivity index (χ4n) is 3.38. The van der Waals surface area contributed by atoms with Gasteiger partial charge in [0.05, 0.1) is 7.11 Å². The molecule has 0 aliphatic heterocycles. The summed E-state index contributed by atoms with van der Waals surface area (Å²) in [5, 5.41) is 2.93. The lowest BCUT2D eigenvalue weighted by Crippen LogP contribution is -2.49. The lowest BCUT2D eigenvalue weighted by molar-refractivity contribution is -0.142. The van der Waals surface area contributed by atoms with Crippen molar-refractivity contribution in [1.82, 2.24) is 10.2 Å². The minimum absolute atomic E-state index is 0.143. The standard InChI is InChI=1S/C26H36N2O4/c1-17(2)14-27-26(30)21(6)28(15-22-9-8-10-23(13-22)31-7)25(29)16-32-24-12-18(3)11-19(4)20(24)5/h8-13,17,21H,14-16H2,1-7H3,(H,27,30)/t21-/m0/s1. The maximum Gasteiger partial charge on any atom is 0.261 e. The molecule has 6 nitrogen and oxygen atoms in total. The highest BCUT2D eigenvalue weighted by atomic mass is 16.5. The molecule has 2 aromatic carbocycles. The minimum Gasteiger partial charge on any atom is -0.497 e. The molecule has 2 rings (SSSR count). The van der Waals surface area contributed by atoms with E-state index in [0.29, 0.717) is 24.0 Å². The SMILES string of the molecule is COc1cccc(CN(C(=O)COc2cc(C)cc(C)c2C)[C@@H](C)C(=O)NCC(C)C)c1. The molecule has 0 spiro atoms. The van der Waals surface area contributed by atoms with Crippen molar-refractivity contribution in [2.75, 3.05) is 20.3 Å². The van der Waals surface area contributed by atoms with Crippen LogP contribution in [0.1, 0.15) is 43.0 Å². The van der Waals surface area contributed by atoms with E-state index in [9.17, 15) is 9.59 Å². The van der Waals surface area contributed by atoms with E-state index in [1.54, 1.807) is 18.9 Å². The Balaban J connectivity index is 2.22. The first kappa shape index (κ1) is 25.2. The van der Waals surface area contributed by atoms with Crippen molar-refractivity contribution >= 4 is 11.8 Å². The van der Waals surface area contributed by atoms with Gasteiger partial charge >= 0.3 is 0 Å². The zero-order chi connectivity index (χ0) is 23.8. The molecule has 0 bridgehead atoms. The van der Waals surface area contributed by atoms with Gasteiger partial charge in [0.15, 0.2) is 6.61 Å². The summed E-state index contributed by atoms with van der Waals surface area (Å²) in [7, 11) is 1.60. The van der Waals surface area contributed by atoms with Crippen molar-refractivity contribution in [2.45, 2.75) is 54.1 Å². The first-order chi connectivity index (χ1) is 15.1. The number of hydrogen-bond donors (Lipinski definition) is 1. The van der Waals surface area contributed by atoms with Crippen LogP contribution in [-0.4, -0.2) is 43.0 Å². The average Bonchev–Trinajstić information content (AvgIpc) is 2.76. The van der Waals surface area contributed by atoms with Crippen molar-refractivity contribution in [3.05, 3.63) is 58.7 Å². The fraction of sp³-hybridized carbons (Fsp3) is 0.462. The molecule has 0 fully saturated rings. The Morgan fingerprint density at radius 2 is 1.78 bits per heavy atom. The summed E-state index contributed by atoms with van der Waals surface area (Å²) < 4.78 is 11.2. The zero-order valence-electron chi connectivity index (χ0n) is 20.3. The average molecular weight is 441 g/mol. The van der Waals surface area contributed by atoms with E-state index in [1.165, 1.54) is 0 Å². The number of ether oxygens (including phenoxy) is 2. The molecular formula is C26H36N2O4. The van der Waals surface area contributed by atoms with Gasteiger partial charge in [0.1, 0.15) is 17.5 Å². The largest absolute Gasteiger partial charge is 0.497 e. The Bertz CT molecular complexity index is 939. The molecular weight excluding hydrogens is 404 g/mol. The number of hydrogen-bond acceptors (Lipinski definition) is 4. The van der Waals surface area contributed by atoms with Gasteiger partial charge in [0, 0.05) is 13.1 Å². The van der Waals surface area contributed by atoms with E-state index in [0.717, 1.165) is 22.3 Å². The summed E-state index contributed by atoms with van der Waals surface area (Å²) in [6.45, 7) is 12.5. The first-order valence-corrected chi connectivity index (χ1v) is 11.0. The molecule has 2 amide bonds. The van der Waals surface area contributed by atoms with Gasteiger partial charge in [0.2, 0.25) is 5.91 Å². The number of nitrogens with one attached hydrogen (secondary N) is 1. The van der Waals surface area contributed by atoms with Crippen LogP contribution >= 0.6 is 0 Å². The third-order valence-corrected chi connectivity index (χ3v) is 5.45. The van der Waals surface area contributed by atoms with Crippen molar-refractivity contribution in [3.8, 4) is 11.5 Å². The Hall–Kier alpha value is -3.02. The van der Waals surface area contributed by atoms with E-state index in [-0.39, 0.29) is 25.0 Å². The minimum atomic E-state index is -0.642. The number of aryl methyl sites for hydroxylation is 2. The monoisotopic (exact) mass is 440 g/mol. The summed E-state index contributed by atoms with van der Waals surface area (Å²) in [5.74, 6) is 1.28. The maximum absolute atomic E-state index is 13.2. The van der Waals surface area contributed by atoms with Crippen molar-refractivity contribution in [2.24, 2.45) is 5.92 Å². The quantitative estimate of drug-likeness (QED) is 0.602. The second-order valence-corrected chi connectivity index (χ2v) is 8.68. The van der Waals surface area contributed by atoms with Gasteiger partial charge in [-0.25, -0.2) is 0 Å². The number of nitrogens with zero attached hydrogens (tertiary/aromatic N) is 1. The second-order valence-electron chi connectivity index (χ2n) is 8.68. The van der Waals surface area contributed by atoms with Crippen LogP contribution in [0.15, 0.2) is 36.4 Å². The van der Waals surface area contributed by atoms with Gasteiger partial charge in [0.25, 0.3) is 5.91 Å². The van der Waals surface area contributed by atoms with E-state index >= 15 is 0 Å². The zero-order valence-corrected chi connectivity index (χ0v) is 20.3. The van der Waals surface area contributed by atoms with Gasteiger partial charge in [-0.15, -0.1) is 0 Å². The molecule has 1 N–H and O–H groups in total. The van der Waals surface area contributed by atoms with Crippen molar-refractivity contribution < 1.29 is 19.1 Å². The molecule has 32 heavy (non-hydrogen) atoms. The molecule has 6 heteroatoms. The van der Waals surface area contributed by atoms with Crippen LogP contribution < -0.4 is 14.8 Å². The molecule has 0 aliphatic rings. The lowest BCUT2D eigenvalue weighted by atomic mass is 10.1. The Labute approximate surface area is 191 Å². The van der Waals surface area contributed by atoms with Crippen LogP contribution in [0.25, 0.3) is 0 Å². The fourth-order valence-corrected chi connectivity index (χ4v) is 3.38. The van der Waals surface area contributed by atoms with E-state index in [2.05, 4.69) is 11.4 Å². The number of carbonyl (C=O) groups excluding carboxylic acids is 2. The van der Waals surface area contributed by atoms with Gasteiger partial charge in [-0.1, -0.05) is 32.0 Å². The highest BCUT2D eigenvalue weighted by Crippen LogP contribution is 2.23. The predicted molar refractivity (Wildman–Crippen MR) is 127 cm³/mol. The molecule has 1 atom stereocenters. The molecule has 0 saturated heterocycles. The van der Waals surface area contributed by atoms with E-state index in [4.69, 9.17) is 9.47 Å². The molecule has 0 radical (unpaired) electrons. The molecule has 0 aliphatic carbocycles. The van der Waals surface area contributed by atoms with Crippen LogP contribution in [0, 0.1) is 26.7 Å². The molecule has 174 valence electrons. The Morgan fingerprint density at radius 1 is 1.06 bits per heavy atom. The summed E-state index contributed by atoms with van der Waals surface area (Å²) in [5.41, 5.74) is 4.07. The van der Waals surface area contributed by atoms with E-state index in [1.807, 2.05) is 65.0 Å². The summed E-state index contributed by atoms with van der Waals surface area (Å²) in [4.78, 5) is 27.5. The van der Waals surface area contributed by atoms with Crippen molar-refractivity contribution in [3.63, 3.8) is 0 Å². The summed E-state index contributed by atoms with van der Waals surface area (Å²) in [6, 6.07) is 10.9. The van der Waals surface area contributed by atoms with Crippen LogP contribution in [-0.2, 0) is 16.1 Å². The van der Waals surface area contributed by atoms with Crippen molar-refractivity contribution in [1.29, 1.82) is 0 Å². The van der Waals surface area contributed by atoms with Crippen LogP contribution in [0.4, 0.5) is 0 Å². The number of carbonyl (C=O) groups is 2. The summed E-state index contributed by atoms with van der Waals surface area (Å²) in [6.07, 6.45) is 0. The first-order valence-electron chi connectivity index (χ1n) is 11.0. The molecule has 0 heterocycles. The molecule has 0 saturated carbocycles. The smallest absolute Gasteiger partial charge is 0.261 e. The number of benzene rings is 2. The summed E-state index contributed by atoms with van der Waals surface area (Å²) >= 11 is 0. The number of amides is 2. The molecule has 2 aromatic rings. The van der Waals surface area contributed by atoms with E-state index < -0.39 is 6.04 Å². The molecule has 0 unspecified atom stereocenters. The van der Waals surface area contributed by atoms with Gasteiger partial charge < -0.3 is 19.7 Å². The highest BCUT2D eigenvalue weighted by molar-refractivity contribution is 5.88. The third-order valence-electron chi connectivity index (χ3n) is 5.45. The topological polar surface area (TPSA) is 67.9 Å². The predicted octanol–water partition coefficient (Wildman–Crippen LogP) is 4.19. The van der Waals surface area contributed by atoms with Gasteiger partial charge in [-0.05, 0) is 74.1 Å². The Morgan fingerprint density at radius 3 is 2.44 bits per heavy atom.